The van der Waals surface area contributed by atoms with Gasteiger partial charge in [-0.25, -0.2) is 0 Å². The summed E-state index contributed by atoms with van der Waals surface area (Å²) in [7, 11) is 0. The highest BCUT2D eigenvalue weighted by molar-refractivity contribution is 5.91. The van der Waals surface area contributed by atoms with Gasteiger partial charge in [-0.3, -0.25) is 9.59 Å². The van der Waals surface area contributed by atoms with Crippen molar-refractivity contribution in [3.05, 3.63) is 11.6 Å². The van der Waals surface area contributed by atoms with E-state index in [1.54, 1.807) is 0 Å². The van der Waals surface area contributed by atoms with Crippen molar-refractivity contribution >= 4 is 11.8 Å². The summed E-state index contributed by atoms with van der Waals surface area (Å²) in [5.41, 5.74) is 1.82. The van der Waals surface area contributed by atoms with Gasteiger partial charge in [-0.1, -0.05) is 26.3 Å². The van der Waals surface area contributed by atoms with Crippen LogP contribution >= 0.6 is 0 Å². The molecular formula is C22H32O3. The first-order valence-electron chi connectivity index (χ1n) is 10.3. The summed E-state index contributed by atoms with van der Waals surface area (Å²) in [4.78, 5) is 23.8. The number of fused-ring (bicyclic) bond motifs is 5. The molecule has 0 radical (unpaired) electrons. The number of rotatable bonds is 2. The van der Waals surface area contributed by atoms with Crippen LogP contribution in [0.15, 0.2) is 11.6 Å². The van der Waals surface area contributed by atoms with Crippen LogP contribution in [0.25, 0.3) is 0 Å². The quantitative estimate of drug-likeness (QED) is 0.673. The molecule has 4 aliphatic rings. The number of carbonyl (C=O) groups excluding carboxylic acids is 2. The van der Waals surface area contributed by atoms with Crippen LogP contribution in [0.1, 0.15) is 78.6 Å². The maximum Gasteiger partial charge on any atom is 0.305 e. The monoisotopic (exact) mass is 344 g/mol. The number of ketones is 1. The summed E-state index contributed by atoms with van der Waals surface area (Å²) >= 11 is 0. The van der Waals surface area contributed by atoms with Gasteiger partial charge in [-0.15, -0.1) is 0 Å². The van der Waals surface area contributed by atoms with Crippen molar-refractivity contribution in [1.29, 1.82) is 0 Å². The number of hydrogen-bond donors (Lipinski definition) is 0. The van der Waals surface area contributed by atoms with Crippen molar-refractivity contribution in [2.45, 2.75) is 84.7 Å². The molecule has 0 aromatic rings. The molecule has 138 valence electrons. The Bertz CT molecular complexity index is 621. The molecule has 4 rings (SSSR count). The van der Waals surface area contributed by atoms with Gasteiger partial charge in [0.25, 0.3) is 0 Å². The molecule has 2 unspecified atom stereocenters. The van der Waals surface area contributed by atoms with Crippen LogP contribution in [-0.4, -0.2) is 17.9 Å². The summed E-state index contributed by atoms with van der Waals surface area (Å²) in [5.74, 6) is 2.41. The van der Waals surface area contributed by atoms with Gasteiger partial charge >= 0.3 is 5.97 Å². The maximum absolute atomic E-state index is 11.9. The Hall–Kier alpha value is -1.12. The molecule has 6 atom stereocenters. The highest BCUT2D eigenvalue weighted by atomic mass is 16.5. The summed E-state index contributed by atoms with van der Waals surface area (Å²) in [6, 6.07) is 0. The van der Waals surface area contributed by atoms with Crippen LogP contribution in [0.4, 0.5) is 0 Å². The molecule has 0 saturated heterocycles. The minimum atomic E-state index is -0.0411. The van der Waals surface area contributed by atoms with Gasteiger partial charge in [0.15, 0.2) is 5.78 Å². The van der Waals surface area contributed by atoms with E-state index < -0.39 is 0 Å². The Morgan fingerprint density at radius 1 is 1.12 bits per heavy atom. The number of ether oxygens (including phenoxy) is 1. The van der Waals surface area contributed by atoms with E-state index in [2.05, 4.69) is 13.8 Å². The molecule has 0 N–H and O–H groups in total. The van der Waals surface area contributed by atoms with Gasteiger partial charge in [0.1, 0.15) is 6.10 Å². The van der Waals surface area contributed by atoms with Crippen LogP contribution in [0.3, 0.4) is 0 Å². The lowest BCUT2D eigenvalue weighted by molar-refractivity contribution is -0.159. The van der Waals surface area contributed by atoms with Crippen LogP contribution < -0.4 is 0 Å². The summed E-state index contributed by atoms with van der Waals surface area (Å²) in [5, 5.41) is 0. The molecule has 3 nitrogen and oxygen atoms in total. The zero-order chi connectivity index (χ0) is 17.8. The molecular weight excluding hydrogens is 312 g/mol. The Morgan fingerprint density at radius 3 is 2.68 bits per heavy atom. The van der Waals surface area contributed by atoms with E-state index in [1.165, 1.54) is 24.8 Å². The Morgan fingerprint density at radius 2 is 1.92 bits per heavy atom. The topological polar surface area (TPSA) is 43.4 Å². The van der Waals surface area contributed by atoms with E-state index in [0.717, 1.165) is 38.0 Å². The van der Waals surface area contributed by atoms with Crippen LogP contribution in [0.5, 0.6) is 0 Å². The first-order valence-corrected chi connectivity index (χ1v) is 10.3. The van der Waals surface area contributed by atoms with Gasteiger partial charge in [0.05, 0.1) is 0 Å². The third-order valence-corrected chi connectivity index (χ3v) is 8.44. The average molecular weight is 344 g/mol. The lowest BCUT2D eigenvalue weighted by Crippen LogP contribution is -2.51. The second-order valence-corrected chi connectivity index (χ2v) is 9.42. The number of allylic oxidation sites excluding steroid dienone is 1. The predicted octanol–water partition coefficient (Wildman–Crippen LogP) is 4.84. The van der Waals surface area contributed by atoms with Crippen molar-refractivity contribution < 1.29 is 14.3 Å². The fraction of sp³-hybridized carbons (Fsp3) is 0.818. The number of hydrogen-bond acceptors (Lipinski definition) is 3. The molecule has 0 heterocycles. The van der Waals surface area contributed by atoms with Crippen molar-refractivity contribution in [3.8, 4) is 0 Å². The molecule has 3 fully saturated rings. The van der Waals surface area contributed by atoms with E-state index in [1.807, 2.05) is 13.0 Å². The van der Waals surface area contributed by atoms with E-state index in [4.69, 9.17) is 4.74 Å². The zero-order valence-corrected chi connectivity index (χ0v) is 16.0. The third kappa shape index (κ3) is 2.52. The Kier molecular flexibility index (Phi) is 4.12. The van der Waals surface area contributed by atoms with Crippen molar-refractivity contribution in [2.24, 2.45) is 28.6 Å². The van der Waals surface area contributed by atoms with E-state index >= 15 is 0 Å². The largest absolute Gasteiger partial charge is 0.462 e. The smallest absolute Gasteiger partial charge is 0.305 e. The SMILES string of the molecule is CCC(=O)O[C@H]1CC[C@H]2[C@@H]3CCC4=CC(=O)CCC4(C)[C@H]3CCC12C. The van der Waals surface area contributed by atoms with Gasteiger partial charge in [-0.2, -0.15) is 0 Å². The second-order valence-electron chi connectivity index (χ2n) is 9.42. The molecule has 0 aromatic carbocycles. The average Bonchev–Trinajstić information content (AvgIpc) is 2.92. The minimum absolute atomic E-state index is 0.0411. The molecule has 0 aliphatic heterocycles. The first kappa shape index (κ1) is 17.3. The van der Waals surface area contributed by atoms with E-state index in [9.17, 15) is 9.59 Å². The molecule has 3 saturated carbocycles. The second kappa shape index (κ2) is 5.96. The highest BCUT2D eigenvalue weighted by Crippen LogP contribution is 2.65. The van der Waals surface area contributed by atoms with Crippen molar-refractivity contribution in [3.63, 3.8) is 0 Å². The molecule has 0 amide bonds. The standard InChI is InChI=1S/C22H32O3/c1-4-20(24)25-19-8-7-17-16-6-5-14-13-15(23)9-11-21(14,2)18(16)10-12-22(17,19)3/h13,16-19H,4-12H2,1-3H3/t16-,17-,18-,19-,21?,22?/m0/s1. The normalized spacial score (nSPS) is 45.9. The predicted molar refractivity (Wildman–Crippen MR) is 96.9 cm³/mol. The molecule has 0 bridgehead atoms. The number of carbonyl (C=O) groups is 2. The van der Waals surface area contributed by atoms with Crippen molar-refractivity contribution in [2.75, 3.05) is 0 Å². The van der Waals surface area contributed by atoms with E-state index in [0.29, 0.717) is 24.0 Å². The van der Waals surface area contributed by atoms with Gasteiger partial charge in [0, 0.05) is 18.3 Å². The van der Waals surface area contributed by atoms with Crippen LogP contribution in [-0.2, 0) is 14.3 Å². The fourth-order valence-corrected chi connectivity index (χ4v) is 6.95. The summed E-state index contributed by atoms with van der Waals surface area (Å²) in [6.45, 7) is 6.69. The van der Waals surface area contributed by atoms with E-state index in [-0.39, 0.29) is 22.9 Å². The summed E-state index contributed by atoms with van der Waals surface area (Å²) in [6.07, 6.45) is 11.3. The Balaban J connectivity index is 1.59. The first-order chi connectivity index (χ1) is 11.9. The molecule has 3 heteroatoms. The Labute approximate surface area is 151 Å². The van der Waals surface area contributed by atoms with Gasteiger partial charge in [0.2, 0.25) is 0 Å². The molecule has 25 heavy (non-hydrogen) atoms. The van der Waals surface area contributed by atoms with Crippen molar-refractivity contribution in [1.82, 2.24) is 0 Å². The van der Waals surface area contributed by atoms with Gasteiger partial charge in [-0.05, 0) is 74.2 Å². The minimum Gasteiger partial charge on any atom is -0.462 e. The molecule has 0 aromatic heterocycles. The van der Waals surface area contributed by atoms with Crippen LogP contribution in [0.2, 0.25) is 0 Å². The molecule has 0 spiro atoms. The number of esters is 1. The third-order valence-electron chi connectivity index (χ3n) is 8.44. The van der Waals surface area contributed by atoms with Crippen LogP contribution in [0, 0.1) is 28.6 Å². The molecule has 4 aliphatic carbocycles. The highest BCUT2D eigenvalue weighted by Gasteiger charge is 2.59. The lowest BCUT2D eigenvalue weighted by atomic mass is 9.47. The zero-order valence-electron chi connectivity index (χ0n) is 16.0. The maximum atomic E-state index is 11.9. The lowest BCUT2D eigenvalue weighted by Gasteiger charge is -2.57. The van der Waals surface area contributed by atoms with Gasteiger partial charge < -0.3 is 4.74 Å². The fourth-order valence-electron chi connectivity index (χ4n) is 6.95. The summed E-state index contributed by atoms with van der Waals surface area (Å²) < 4.78 is 5.86.